The lowest BCUT2D eigenvalue weighted by atomic mass is 10.1. The fourth-order valence-electron chi connectivity index (χ4n) is 3.54. The van der Waals surface area contributed by atoms with Crippen LogP contribution in [0.25, 0.3) is 5.65 Å². The standard InChI is InChI=1S/C21H14ClFN4O/c22-19-18(26-12-4-3-7-17(26)25-19)20-24-16-6-2-1-5-15(16)21(28)27(20)14-10-8-13(23)9-11-14/h1-12,20,24H/t20-/m1/s1. The fourth-order valence-corrected chi connectivity index (χ4v) is 3.82. The molecule has 0 aliphatic carbocycles. The van der Waals surface area contributed by atoms with E-state index in [1.165, 1.54) is 12.1 Å². The molecule has 1 N–H and O–H groups in total. The summed E-state index contributed by atoms with van der Waals surface area (Å²) in [6.45, 7) is 0. The molecule has 3 heterocycles. The fraction of sp³-hybridized carbons (Fsp3) is 0.0476. The van der Waals surface area contributed by atoms with E-state index in [4.69, 9.17) is 11.6 Å². The smallest absolute Gasteiger partial charge is 0.262 e. The molecule has 1 aliphatic rings. The molecule has 0 radical (unpaired) electrons. The van der Waals surface area contributed by atoms with Gasteiger partial charge in [0.25, 0.3) is 5.91 Å². The first-order valence-corrected chi connectivity index (χ1v) is 9.08. The zero-order chi connectivity index (χ0) is 19.3. The van der Waals surface area contributed by atoms with Gasteiger partial charge in [-0.3, -0.25) is 14.1 Å². The Morgan fingerprint density at radius 3 is 2.57 bits per heavy atom. The molecule has 138 valence electrons. The van der Waals surface area contributed by atoms with Crippen LogP contribution in [-0.2, 0) is 0 Å². The third-order valence-electron chi connectivity index (χ3n) is 4.81. The number of para-hydroxylation sites is 1. The number of halogens is 2. The van der Waals surface area contributed by atoms with E-state index in [0.29, 0.717) is 33.4 Å². The van der Waals surface area contributed by atoms with E-state index in [1.54, 1.807) is 23.1 Å². The Bertz CT molecular complexity index is 1200. The summed E-state index contributed by atoms with van der Waals surface area (Å²) in [5, 5.41) is 3.69. The van der Waals surface area contributed by atoms with Crippen LogP contribution in [0, 0.1) is 5.82 Å². The Hall–Kier alpha value is -3.38. The van der Waals surface area contributed by atoms with Crippen LogP contribution in [0.2, 0.25) is 5.15 Å². The van der Waals surface area contributed by atoms with Gasteiger partial charge in [-0.15, -0.1) is 0 Å². The van der Waals surface area contributed by atoms with E-state index in [0.717, 1.165) is 0 Å². The van der Waals surface area contributed by atoms with Crippen LogP contribution in [0.15, 0.2) is 72.9 Å². The molecule has 1 aliphatic heterocycles. The van der Waals surface area contributed by atoms with Gasteiger partial charge in [0.2, 0.25) is 0 Å². The number of benzene rings is 2. The van der Waals surface area contributed by atoms with Gasteiger partial charge in [0.15, 0.2) is 11.3 Å². The number of imidazole rings is 1. The Kier molecular flexibility index (Phi) is 3.80. The minimum absolute atomic E-state index is 0.201. The summed E-state index contributed by atoms with van der Waals surface area (Å²) >= 11 is 6.48. The van der Waals surface area contributed by atoms with Gasteiger partial charge in [0.1, 0.15) is 17.2 Å². The topological polar surface area (TPSA) is 49.6 Å². The van der Waals surface area contributed by atoms with Crippen LogP contribution in [0.5, 0.6) is 0 Å². The second-order valence-electron chi connectivity index (χ2n) is 6.46. The average Bonchev–Trinajstić information content (AvgIpc) is 3.04. The third-order valence-corrected chi connectivity index (χ3v) is 5.09. The number of aromatic nitrogens is 2. The molecule has 0 spiro atoms. The van der Waals surface area contributed by atoms with Crippen LogP contribution in [0.3, 0.4) is 0 Å². The average molecular weight is 393 g/mol. The summed E-state index contributed by atoms with van der Waals surface area (Å²) < 4.78 is 15.3. The molecule has 2 aromatic carbocycles. The Balaban J connectivity index is 1.74. The summed E-state index contributed by atoms with van der Waals surface area (Å²) in [6, 6.07) is 18.7. The molecular weight excluding hydrogens is 379 g/mol. The first-order valence-electron chi connectivity index (χ1n) is 8.70. The monoisotopic (exact) mass is 392 g/mol. The number of rotatable bonds is 2. The van der Waals surface area contributed by atoms with E-state index >= 15 is 0 Å². The molecule has 0 bridgehead atoms. The maximum atomic E-state index is 13.5. The highest BCUT2D eigenvalue weighted by molar-refractivity contribution is 6.30. The van der Waals surface area contributed by atoms with Crippen LogP contribution in [0.1, 0.15) is 22.2 Å². The number of pyridine rings is 1. The molecule has 5 rings (SSSR count). The van der Waals surface area contributed by atoms with Crippen LogP contribution < -0.4 is 10.2 Å². The summed E-state index contributed by atoms with van der Waals surface area (Å²) in [7, 11) is 0. The molecule has 5 nitrogen and oxygen atoms in total. The van der Waals surface area contributed by atoms with Crippen LogP contribution in [-0.4, -0.2) is 15.3 Å². The predicted molar refractivity (Wildman–Crippen MR) is 106 cm³/mol. The molecule has 1 atom stereocenters. The van der Waals surface area contributed by atoms with Crippen molar-refractivity contribution in [3.63, 3.8) is 0 Å². The number of amides is 1. The lowest BCUT2D eigenvalue weighted by Crippen LogP contribution is -2.43. The maximum absolute atomic E-state index is 13.5. The van der Waals surface area contributed by atoms with E-state index in [-0.39, 0.29) is 11.7 Å². The second-order valence-corrected chi connectivity index (χ2v) is 6.82. The van der Waals surface area contributed by atoms with Gasteiger partial charge in [0, 0.05) is 17.6 Å². The van der Waals surface area contributed by atoms with Crippen molar-refractivity contribution in [2.45, 2.75) is 6.17 Å². The van der Waals surface area contributed by atoms with Crippen molar-refractivity contribution >= 4 is 34.5 Å². The first-order chi connectivity index (χ1) is 13.6. The lowest BCUT2D eigenvalue weighted by Gasteiger charge is -2.37. The molecule has 7 heteroatoms. The predicted octanol–water partition coefficient (Wildman–Crippen LogP) is 4.90. The number of nitrogens with one attached hydrogen (secondary N) is 1. The van der Waals surface area contributed by atoms with Gasteiger partial charge in [-0.05, 0) is 48.5 Å². The van der Waals surface area contributed by atoms with Gasteiger partial charge >= 0.3 is 0 Å². The van der Waals surface area contributed by atoms with E-state index in [1.807, 2.05) is 47.0 Å². The van der Waals surface area contributed by atoms with E-state index < -0.39 is 6.17 Å². The van der Waals surface area contributed by atoms with Crippen molar-refractivity contribution < 1.29 is 9.18 Å². The van der Waals surface area contributed by atoms with E-state index in [9.17, 15) is 9.18 Å². The van der Waals surface area contributed by atoms with Gasteiger partial charge in [-0.25, -0.2) is 9.37 Å². The Morgan fingerprint density at radius 2 is 1.75 bits per heavy atom. The van der Waals surface area contributed by atoms with Crippen LogP contribution in [0.4, 0.5) is 15.8 Å². The number of nitrogens with zero attached hydrogens (tertiary/aromatic N) is 3. The molecule has 1 amide bonds. The molecule has 0 saturated carbocycles. The molecule has 0 unspecified atom stereocenters. The summed E-state index contributed by atoms with van der Waals surface area (Å²) in [5.74, 6) is -0.571. The lowest BCUT2D eigenvalue weighted by molar-refractivity contribution is 0.0974. The SMILES string of the molecule is O=C1c2ccccc2N[C@@H](c2c(Cl)nc3ccccn23)N1c1ccc(F)cc1. The van der Waals surface area contributed by atoms with E-state index in [2.05, 4.69) is 10.3 Å². The number of hydrogen-bond acceptors (Lipinski definition) is 3. The molecule has 28 heavy (non-hydrogen) atoms. The highest BCUT2D eigenvalue weighted by Crippen LogP contribution is 2.38. The molecule has 0 saturated heterocycles. The minimum atomic E-state index is -0.613. The summed E-state index contributed by atoms with van der Waals surface area (Å²) in [4.78, 5) is 19.4. The molecule has 4 aromatic rings. The normalized spacial score (nSPS) is 16.1. The number of hydrogen-bond donors (Lipinski definition) is 1. The number of anilines is 2. The molecule has 2 aromatic heterocycles. The van der Waals surface area contributed by atoms with Crippen molar-refractivity contribution in [3.05, 3.63) is 95.2 Å². The van der Waals surface area contributed by atoms with Gasteiger partial charge < -0.3 is 5.32 Å². The van der Waals surface area contributed by atoms with Crippen molar-refractivity contribution in [2.24, 2.45) is 0 Å². The van der Waals surface area contributed by atoms with Gasteiger partial charge in [0.05, 0.1) is 5.56 Å². The highest BCUT2D eigenvalue weighted by Gasteiger charge is 2.37. The second kappa shape index (κ2) is 6.35. The van der Waals surface area contributed by atoms with Crippen molar-refractivity contribution in [3.8, 4) is 0 Å². The third kappa shape index (κ3) is 2.53. The number of carbonyl (C=O) groups excluding carboxylic acids is 1. The van der Waals surface area contributed by atoms with Crippen molar-refractivity contribution in [2.75, 3.05) is 10.2 Å². The van der Waals surface area contributed by atoms with Gasteiger partial charge in [-0.1, -0.05) is 29.8 Å². The largest absolute Gasteiger partial charge is 0.359 e. The first kappa shape index (κ1) is 16.8. The molecule has 0 fully saturated rings. The molecular formula is C21H14ClFN4O. The summed E-state index contributed by atoms with van der Waals surface area (Å²) in [5.41, 5.74) is 3.10. The zero-order valence-electron chi connectivity index (χ0n) is 14.5. The van der Waals surface area contributed by atoms with Gasteiger partial charge in [-0.2, -0.15) is 0 Å². The van der Waals surface area contributed by atoms with Crippen LogP contribution >= 0.6 is 11.6 Å². The number of fused-ring (bicyclic) bond motifs is 2. The number of carbonyl (C=O) groups is 1. The quantitative estimate of drug-likeness (QED) is 0.528. The Morgan fingerprint density at radius 1 is 1.00 bits per heavy atom. The maximum Gasteiger partial charge on any atom is 0.262 e. The van der Waals surface area contributed by atoms with Crippen molar-refractivity contribution in [1.29, 1.82) is 0 Å². The highest BCUT2D eigenvalue weighted by atomic mass is 35.5. The zero-order valence-corrected chi connectivity index (χ0v) is 15.3. The Labute approximate surface area is 165 Å². The minimum Gasteiger partial charge on any atom is -0.359 e. The summed E-state index contributed by atoms with van der Waals surface area (Å²) in [6.07, 6.45) is 1.23. The van der Waals surface area contributed by atoms with Crippen molar-refractivity contribution in [1.82, 2.24) is 9.38 Å².